The first-order valence-corrected chi connectivity index (χ1v) is 6.58. The monoisotopic (exact) mass is 286 g/mol. The fourth-order valence-corrected chi connectivity index (χ4v) is 2.23. The lowest BCUT2D eigenvalue weighted by Crippen LogP contribution is -2.14. The van der Waals surface area contributed by atoms with Crippen molar-refractivity contribution in [1.29, 1.82) is 0 Å². The minimum atomic E-state index is -0.312. The topological polar surface area (TPSA) is 85.6 Å². The van der Waals surface area contributed by atoms with E-state index in [1.54, 1.807) is 41.3 Å². The van der Waals surface area contributed by atoms with E-state index in [1.165, 1.54) is 11.5 Å². The van der Waals surface area contributed by atoms with Gasteiger partial charge < -0.3 is 5.32 Å². The summed E-state index contributed by atoms with van der Waals surface area (Å²) in [6.45, 7) is 1.87. The number of rotatable bonds is 3. The molecule has 0 aliphatic rings. The zero-order valence-corrected chi connectivity index (χ0v) is 11.3. The number of hydrogen-bond donors (Lipinski definition) is 1. The van der Waals surface area contributed by atoms with Gasteiger partial charge in [0.2, 0.25) is 0 Å². The molecule has 3 rings (SSSR count). The van der Waals surface area contributed by atoms with Crippen LogP contribution in [0.1, 0.15) is 16.2 Å². The molecule has 0 aliphatic carbocycles. The fraction of sp³-hybridized carbons (Fsp3) is 0.0833. The molecule has 0 aliphatic heterocycles. The van der Waals surface area contributed by atoms with Gasteiger partial charge in [0.15, 0.2) is 11.5 Å². The number of aryl methyl sites for hydroxylation is 1. The summed E-state index contributed by atoms with van der Waals surface area (Å²) in [5.41, 5.74) is 1.11. The predicted octanol–water partition coefficient (Wildman–Crippen LogP) is 1.68. The molecule has 3 heterocycles. The Labute approximate surface area is 118 Å². The molecule has 0 saturated carbocycles. The number of nitrogens with one attached hydrogen (secondary N) is 1. The van der Waals surface area contributed by atoms with Crippen molar-refractivity contribution < 1.29 is 4.79 Å². The number of amides is 1. The van der Waals surface area contributed by atoms with E-state index in [2.05, 4.69) is 25.0 Å². The first-order chi connectivity index (χ1) is 9.72. The largest absolute Gasteiger partial charge is 0.311 e. The van der Waals surface area contributed by atoms with Crippen LogP contribution in [0.25, 0.3) is 5.82 Å². The van der Waals surface area contributed by atoms with E-state index in [0.29, 0.717) is 10.8 Å². The molecule has 0 spiro atoms. The molecule has 0 unspecified atom stereocenters. The van der Waals surface area contributed by atoms with E-state index >= 15 is 0 Å². The third-order valence-corrected chi connectivity index (χ3v) is 3.28. The normalized spacial score (nSPS) is 10.4. The quantitative estimate of drug-likeness (QED) is 0.791. The molecule has 0 atom stereocenters. The fourth-order valence-electron chi connectivity index (χ4n) is 1.57. The van der Waals surface area contributed by atoms with Crippen LogP contribution < -0.4 is 5.32 Å². The highest BCUT2D eigenvalue weighted by Crippen LogP contribution is 2.16. The number of aromatic nitrogens is 5. The lowest BCUT2D eigenvalue weighted by atomic mass is 10.3. The zero-order valence-electron chi connectivity index (χ0n) is 10.5. The second kappa shape index (κ2) is 5.17. The lowest BCUT2D eigenvalue weighted by molar-refractivity contribution is 0.102. The van der Waals surface area contributed by atoms with Gasteiger partial charge in [0.05, 0.1) is 5.69 Å². The molecule has 7 nitrogen and oxygen atoms in total. The summed E-state index contributed by atoms with van der Waals surface area (Å²) in [5.74, 6) is 0.244. The molecule has 8 heteroatoms. The molecule has 0 radical (unpaired) electrons. The smallest absolute Gasteiger partial charge is 0.276 e. The standard InChI is InChI=1S/C12H10N6OS/c1-8-7-11(20-17-8)14-12(19)9-3-4-10(16-15-9)18-6-2-5-13-18/h2-7H,1H3,(H,14,19). The van der Waals surface area contributed by atoms with Crippen LogP contribution in [0, 0.1) is 6.92 Å². The van der Waals surface area contributed by atoms with Crippen LogP contribution in [0.2, 0.25) is 0 Å². The van der Waals surface area contributed by atoms with E-state index in [-0.39, 0.29) is 11.6 Å². The maximum absolute atomic E-state index is 12.0. The highest BCUT2D eigenvalue weighted by Gasteiger charge is 2.10. The molecule has 3 aromatic heterocycles. The first kappa shape index (κ1) is 12.4. The average Bonchev–Trinajstić information content (AvgIpc) is 3.11. The predicted molar refractivity (Wildman–Crippen MR) is 74.0 cm³/mol. The van der Waals surface area contributed by atoms with Crippen LogP contribution in [-0.4, -0.2) is 30.3 Å². The number of nitrogens with zero attached hydrogens (tertiary/aromatic N) is 5. The van der Waals surface area contributed by atoms with Crippen molar-refractivity contribution in [3.8, 4) is 5.82 Å². The van der Waals surface area contributed by atoms with Crippen LogP contribution in [0.4, 0.5) is 5.00 Å². The van der Waals surface area contributed by atoms with Gasteiger partial charge in [-0.05, 0) is 42.7 Å². The number of anilines is 1. The first-order valence-electron chi connectivity index (χ1n) is 5.81. The average molecular weight is 286 g/mol. The molecule has 0 aromatic carbocycles. The minimum absolute atomic E-state index is 0.243. The molecular weight excluding hydrogens is 276 g/mol. The highest BCUT2D eigenvalue weighted by atomic mass is 32.1. The third kappa shape index (κ3) is 2.54. The summed E-state index contributed by atoms with van der Waals surface area (Å²) in [6.07, 6.45) is 3.40. The maximum atomic E-state index is 12.0. The Morgan fingerprint density at radius 3 is 2.85 bits per heavy atom. The molecule has 0 saturated heterocycles. The summed E-state index contributed by atoms with van der Waals surface area (Å²) in [7, 11) is 0. The van der Waals surface area contributed by atoms with Crippen molar-refractivity contribution in [2.45, 2.75) is 6.92 Å². The lowest BCUT2D eigenvalue weighted by Gasteiger charge is -2.02. The Hall–Kier alpha value is -2.61. The molecule has 0 bridgehead atoms. The SMILES string of the molecule is Cc1cc(NC(=O)c2ccc(-n3cccn3)nn2)sn1. The molecule has 20 heavy (non-hydrogen) atoms. The van der Waals surface area contributed by atoms with Gasteiger partial charge in [-0.2, -0.15) is 9.47 Å². The van der Waals surface area contributed by atoms with Gasteiger partial charge >= 0.3 is 0 Å². The Bertz CT molecular complexity index is 719. The van der Waals surface area contributed by atoms with Crippen LogP contribution in [0.3, 0.4) is 0 Å². The van der Waals surface area contributed by atoms with Gasteiger partial charge in [0.25, 0.3) is 5.91 Å². The van der Waals surface area contributed by atoms with Crippen molar-refractivity contribution in [2.75, 3.05) is 5.32 Å². The Kier molecular flexibility index (Phi) is 3.21. The zero-order chi connectivity index (χ0) is 13.9. The van der Waals surface area contributed by atoms with Crippen LogP contribution in [-0.2, 0) is 0 Å². The van der Waals surface area contributed by atoms with Gasteiger partial charge in [-0.15, -0.1) is 10.2 Å². The summed E-state index contributed by atoms with van der Waals surface area (Å²) in [4.78, 5) is 12.0. The maximum Gasteiger partial charge on any atom is 0.276 e. The summed E-state index contributed by atoms with van der Waals surface area (Å²) in [5, 5.41) is 15.3. The molecule has 100 valence electrons. The van der Waals surface area contributed by atoms with E-state index in [1.807, 2.05) is 6.92 Å². The van der Waals surface area contributed by atoms with E-state index in [9.17, 15) is 4.79 Å². The van der Waals surface area contributed by atoms with Gasteiger partial charge in [-0.1, -0.05) is 0 Å². The highest BCUT2D eigenvalue weighted by molar-refractivity contribution is 7.10. The van der Waals surface area contributed by atoms with Gasteiger partial charge in [0, 0.05) is 12.4 Å². The Morgan fingerprint density at radius 1 is 1.35 bits per heavy atom. The van der Waals surface area contributed by atoms with Crippen molar-refractivity contribution in [3.63, 3.8) is 0 Å². The second-order valence-corrected chi connectivity index (χ2v) is 4.82. The minimum Gasteiger partial charge on any atom is -0.311 e. The van der Waals surface area contributed by atoms with Crippen LogP contribution in [0.15, 0.2) is 36.7 Å². The molecule has 0 fully saturated rings. The number of carbonyl (C=O) groups is 1. The Morgan fingerprint density at radius 2 is 2.25 bits per heavy atom. The van der Waals surface area contributed by atoms with E-state index < -0.39 is 0 Å². The van der Waals surface area contributed by atoms with Gasteiger partial charge in [-0.25, -0.2) is 4.68 Å². The van der Waals surface area contributed by atoms with Crippen molar-refractivity contribution >= 4 is 22.4 Å². The van der Waals surface area contributed by atoms with Crippen LogP contribution >= 0.6 is 11.5 Å². The number of carbonyl (C=O) groups excluding carboxylic acids is 1. The van der Waals surface area contributed by atoms with Crippen molar-refractivity contribution in [3.05, 3.63) is 48.0 Å². The molecule has 1 amide bonds. The van der Waals surface area contributed by atoms with Crippen LogP contribution in [0.5, 0.6) is 0 Å². The van der Waals surface area contributed by atoms with E-state index in [0.717, 1.165) is 5.69 Å². The Balaban J connectivity index is 1.75. The van der Waals surface area contributed by atoms with Gasteiger partial charge in [-0.3, -0.25) is 4.79 Å². The van der Waals surface area contributed by atoms with Crippen molar-refractivity contribution in [1.82, 2.24) is 24.4 Å². The third-order valence-electron chi connectivity index (χ3n) is 2.49. The van der Waals surface area contributed by atoms with Gasteiger partial charge in [0.1, 0.15) is 5.00 Å². The molecule has 3 aromatic rings. The van der Waals surface area contributed by atoms with E-state index in [4.69, 9.17) is 0 Å². The second-order valence-electron chi connectivity index (χ2n) is 4.01. The summed E-state index contributed by atoms with van der Waals surface area (Å²) >= 11 is 1.23. The molecular formula is C12H10N6OS. The summed E-state index contributed by atoms with van der Waals surface area (Å²) in [6, 6.07) is 6.88. The summed E-state index contributed by atoms with van der Waals surface area (Å²) < 4.78 is 5.66. The number of hydrogen-bond acceptors (Lipinski definition) is 6. The molecule has 1 N–H and O–H groups in total. The van der Waals surface area contributed by atoms with Crippen molar-refractivity contribution in [2.24, 2.45) is 0 Å².